The van der Waals surface area contributed by atoms with Crippen LogP contribution in [-0.4, -0.2) is 72.6 Å². The van der Waals surface area contributed by atoms with E-state index in [1.54, 1.807) is 11.3 Å². The molecule has 3 heterocycles. The molecule has 5 rings (SSSR count). The van der Waals surface area contributed by atoms with Crippen LogP contribution in [0.4, 0.5) is 0 Å². The van der Waals surface area contributed by atoms with E-state index in [1.807, 2.05) is 42.6 Å². The number of benzene rings is 2. The number of aliphatic hydroxyl groups excluding tert-OH is 1. The monoisotopic (exact) mass is 538 g/mol. The summed E-state index contributed by atoms with van der Waals surface area (Å²) in [7, 11) is 0. The Morgan fingerprint density at radius 2 is 2.00 bits per heavy atom. The zero-order valence-electron chi connectivity index (χ0n) is 20.7. The first-order valence-corrected chi connectivity index (χ1v) is 13.8. The van der Waals surface area contributed by atoms with Gasteiger partial charge < -0.3 is 19.9 Å². The fourth-order valence-corrected chi connectivity index (χ4v) is 5.68. The standard InChI is InChI=1S/C28H31ClN4O3S/c29-27-21(18-24-28-25(7-8-31-24)37-26(32-28)19-30-9-13-34)4-2-6-23(27)20-3-1-5-22(17-20)36-16-12-33-10-14-35-15-11-33/h1-8,17,30,34H,9-16,18-19H2. The van der Waals surface area contributed by atoms with Crippen LogP contribution in [0.2, 0.25) is 5.02 Å². The molecule has 1 aliphatic rings. The Bertz CT molecular complexity index is 1330. The van der Waals surface area contributed by atoms with E-state index in [0.717, 1.165) is 76.2 Å². The summed E-state index contributed by atoms with van der Waals surface area (Å²) in [6, 6.07) is 16.2. The molecule has 4 aromatic rings. The molecule has 1 saturated heterocycles. The Labute approximate surface area is 226 Å². The summed E-state index contributed by atoms with van der Waals surface area (Å²) in [4.78, 5) is 11.8. The van der Waals surface area contributed by atoms with Gasteiger partial charge in [-0.15, -0.1) is 11.3 Å². The van der Waals surface area contributed by atoms with Gasteiger partial charge in [0.05, 0.1) is 35.2 Å². The van der Waals surface area contributed by atoms with E-state index in [1.165, 1.54) is 0 Å². The van der Waals surface area contributed by atoms with Crippen molar-refractivity contribution in [2.75, 3.05) is 52.6 Å². The largest absolute Gasteiger partial charge is 0.492 e. The summed E-state index contributed by atoms with van der Waals surface area (Å²) < 4.78 is 12.6. The molecule has 0 saturated carbocycles. The average molecular weight is 539 g/mol. The number of rotatable bonds is 11. The zero-order valence-corrected chi connectivity index (χ0v) is 22.2. The molecule has 2 N–H and O–H groups in total. The van der Waals surface area contributed by atoms with Crippen LogP contribution < -0.4 is 10.1 Å². The van der Waals surface area contributed by atoms with Gasteiger partial charge >= 0.3 is 0 Å². The molecule has 0 unspecified atom stereocenters. The Morgan fingerprint density at radius 3 is 2.86 bits per heavy atom. The molecule has 0 aliphatic carbocycles. The summed E-state index contributed by atoms with van der Waals surface area (Å²) in [6.07, 6.45) is 2.42. The highest BCUT2D eigenvalue weighted by Gasteiger charge is 2.15. The summed E-state index contributed by atoms with van der Waals surface area (Å²) >= 11 is 8.60. The van der Waals surface area contributed by atoms with Crippen molar-refractivity contribution in [2.24, 2.45) is 0 Å². The average Bonchev–Trinajstić information content (AvgIpc) is 3.35. The van der Waals surface area contributed by atoms with E-state index in [4.69, 9.17) is 31.2 Å². The normalized spacial score (nSPS) is 14.3. The number of hydrogen-bond donors (Lipinski definition) is 2. The Hall–Kier alpha value is -2.59. The van der Waals surface area contributed by atoms with Crippen LogP contribution in [0.15, 0.2) is 54.7 Å². The number of morpholine rings is 1. The first-order chi connectivity index (χ1) is 18.2. The molecule has 1 fully saturated rings. The van der Waals surface area contributed by atoms with E-state index in [9.17, 15) is 0 Å². The Balaban J connectivity index is 1.31. The fraction of sp³-hybridized carbons (Fsp3) is 0.357. The number of thiazole rings is 1. The lowest BCUT2D eigenvalue weighted by atomic mass is 10.00. The highest BCUT2D eigenvalue weighted by atomic mass is 35.5. The van der Waals surface area contributed by atoms with Gasteiger partial charge in [-0.3, -0.25) is 9.88 Å². The molecule has 0 amide bonds. The molecule has 1 aliphatic heterocycles. The van der Waals surface area contributed by atoms with E-state index in [-0.39, 0.29) is 6.61 Å². The van der Waals surface area contributed by atoms with Gasteiger partial charge in [-0.25, -0.2) is 4.98 Å². The molecule has 7 nitrogen and oxygen atoms in total. The minimum atomic E-state index is 0.107. The van der Waals surface area contributed by atoms with E-state index in [2.05, 4.69) is 27.3 Å². The lowest BCUT2D eigenvalue weighted by Crippen LogP contribution is -2.38. The predicted octanol–water partition coefficient (Wildman–Crippen LogP) is 4.40. The number of nitrogens with zero attached hydrogens (tertiary/aromatic N) is 3. The van der Waals surface area contributed by atoms with E-state index < -0.39 is 0 Å². The number of fused-ring (bicyclic) bond motifs is 1. The third kappa shape index (κ3) is 6.65. The van der Waals surface area contributed by atoms with Crippen LogP contribution in [-0.2, 0) is 17.7 Å². The van der Waals surface area contributed by atoms with Gasteiger partial charge in [0.2, 0.25) is 0 Å². The number of halogens is 1. The third-order valence-corrected chi connectivity index (χ3v) is 7.82. The van der Waals surface area contributed by atoms with Gasteiger partial charge in [0.25, 0.3) is 0 Å². The number of pyridine rings is 1. The highest BCUT2D eigenvalue weighted by molar-refractivity contribution is 7.18. The lowest BCUT2D eigenvalue weighted by molar-refractivity contribution is 0.0322. The van der Waals surface area contributed by atoms with Crippen molar-refractivity contribution in [1.82, 2.24) is 20.2 Å². The maximum atomic E-state index is 9.01. The SMILES string of the molecule is OCCNCc1nc2c(Cc3cccc(-c4cccc(OCCN5CCOCC5)c4)c3Cl)nccc2s1. The molecular weight excluding hydrogens is 508 g/mol. The number of aromatic nitrogens is 2. The van der Waals surface area contributed by atoms with Gasteiger partial charge in [-0.05, 0) is 29.3 Å². The number of hydrogen-bond acceptors (Lipinski definition) is 8. The summed E-state index contributed by atoms with van der Waals surface area (Å²) in [5.74, 6) is 0.837. The quantitative estimate of drug-likeness (QED) is 0.274. The van der Waals surface area contributed by atoms with E-state index >= 15 is 0 Å². The van der Waals surface area contributed by atoms with Crippen LogP contribution in [0, 0.1) is 0 Å². The van der Waals surface area contributed by atoms with Crippen LogP contribution >= 0.6 is 22.9 Å². The van der Waals surface area contributed by atoms with Crippen molar-refractivity contribution in [3.63, 3.8) is 0 Å². The highest BCUT2D eigenvalue weighted by Crippen LogP contribution is 2.34. The first kappa shape index (κ1) is 26.0. The third-order valence-electron chi connectivity index (χ3n) is 6.35. The van der Waals surface area contributed by atoms with Crippen molar-refractivity contribution in [3.05, 3.63) is 76.0 Å². The van der Waals surface area contributed by atoms with Gasteiger partial charge in [-0.2, -0.15) is 0 Å². The van der Waals surface area contributed by atoms with Gasteiger partial charge in [-0.1, -0.05) is 41.9 Å². The smallest absolute Gasteiger partial charge is 0.119 e. The minimum absolute atomic E-state index is 0.107. The molecule has 0 spiro atoms. The Kier molecular flexibility index (Phi) is 8.99. The topological polar surface area (TPSA) is 79.7 Å². The molecule has 0 bridgehead atoms. The first-order valence-electron chi connectivity index (χ1n) is 12.6. The second-order valence-corrected chi connectivity index (χ2v) is 10.4. The van der Waals surface area contributed by atoms with Crippen molar-refractivity contribution >= 4 is 33.2 Å². The van der Waals surface area contributed by atoms with Crippen LogP contribution in [0.5, 0.6) is 5.75 Å². The molecule has 37 heavy (non-hydrogen) atoms. The van der Waals surface area contributed by atoms with Gasteiger partial charge in [0.15, 0.2) is 0 Å². The van der Waals surface area contributed by atoms with Crippen LogP contribution in [0.1, 0.15) is 16.3 Å². The van der Waals surface area contributed by atoms with Crippen molar-refractivity contribution in [3.8, 4) is 16.9 Å². The number of aliphatic hydroxyl groups is 1. The maximum absolute atomic E-state index is 9.01. The summed E-state index contributed by atoms with van der Waals surface area (Å²) in [5, 5.41) is 13.9. The maximum Gasteiger partial charge on any atom is 0.119 e. The molecule has 9 heteroatoms. The zero-order chi connectivity index (χ0) is 25.5. The summed E-state index contributed by atoms with van der Waals surface area (Å²) in [6.45, 7) is 6.30. The molecule has 2 aromatic carbocycles. The van der Waals surface area contributed by atoms with Crippen LogP contribution in [0.25, 0.3) is 21.3 Å². The van der Waals surface area contributed by atoms with Crippen molar-refractivity contribution in [2.45, 2.75) is 13.0 Å². The fourth-order valence-electron chi connectivity index (χ4n) is 4.42. The molecule has 0 atom stereocenters. The second kappa shape index (κ2) is 12.8. The Morgan fingerprint density at radius 1 is 1.14 bits per heavy atom. The van der Waals surface area contributed by atoms with Crippen molar-refractivity contribution in [1.29, 1.82) is 0 Å². The summed E-state index contributed by atoms with van der Waals surface area (Å²) in [5.41, 5.74) is 4.81. The lowest BCUT2D eigenvalue weighted by Gasteiger charge is -2.26. The predicted molar refractivity (Wildman–Crippen MR) is 149 cm³/mol. The minimum Gasteiger partial charge on any atom is -0.492 e. The van der Waals surface area contributed by atoms with Crippen molar-refractivity contribution < 1.29 is 14.6 Å². The van der Waals surface area contributed by atoms with E-state index in [0.29, 0.717) is 31.1 Å². The van der Waals surface area contributed by atoms with Gasteiger partial charge in [0, 0.05) is 50.9 Å². The number of nitrogens with one attached hydrogen (secondary N) is 1. The number of ether oxygens (including phenoxy) is 2. The van der Waals surface area contributed by atoms with Crippen LogP contribution in [0.3, 0.4) is 0 Å². The molecule has 2 aromatic heterocycles. The molecular formula is C28H31ClN4O3S. The molecule has 194 valence electrons. The van der Waals surface area contributed by atoms with Gasteiger partial charge in [0.1, 0.15) is 22.9 Å². The second-order valence-electron chi connectivity index (χ2n) is 8.90. The molecule has 0 radical (unpaired) electrons.